The first-order chi connectivity index (χ1) is 24.6. The number of halogens is 1. The molecule has 0 unspecified atom stereocenters. The van der Waals surface area contributed by atoms with E-state index in [0.717, 1.165) is 93.3 Å². The highest BCUT2D eigenvalue weighted by molar-refractivity contribution is 6.33. The number of ether oxygens (including phenoxy) is 2. The number of nitrogens with zero attached hydrogens (tertiary/aromatic N) is 5. The van der Waals surface area contributed by atoms with E-state index in [-0.39, 0.29) is 37.3 Å². The number of amides is 1. The monoisotopic (exact) mass is 721 g/mol. The van der Waals surface area contributed by atoms with E-state index in [9.17, 15) is 9.59 Å². The molecule has 2 aromatic heterocycles. The van der Waals surface area contributed by atoms with Gasteiger partial charge in [-0.15, -0.1) is 0 Å². The predicted octanol–water partition coefficient (Wildman–Crippen LogP) is 7.73. The van der Waals surface area contributed by atoms with Gasteiger partial charge in [0.2, 0.25) is 5.95 Å². The predicted molar refractivity (Wildman–Crippen MR) is 200 cm³/mol. The summed E-state index contributed by atoms with van der Waals surface area (Å²) in [5.41, 5.74) is 3.37. The first-order valence-electron chi connectivity index (χ1n) is 18.8. The first kappa shape index (κ1) is 38.5. The molecule has 278 valence electrons. The minimum Gasteiger partial charge on any atom is -0.459 e. The Morgan fingerprint density at radius 3 is 2.43 bits per heavy atom. The molecular weight excluding hydrogens is 666 g/mol. The topological polar surface area (TPSA) is 124 Å². The molecule has 51 heavy (non-hydrogen) atoms. The number of hydrogen-bond acceptors (Lipinski definition) is 9. The van der Waals surface area contributed by atoms with Crippen LogP contribution in [0.4, 0.5) is 10.7 Å². The maximum atomic E-state index is 13.5. The third-order valence-corrected chi connectivity index (χ3v) is 9.87. The molecule has 2 heterocycles. The number of anilines is 1. The van der Waals surface area contributed by atoms with Crippen LogP contribution in [0.1, 0.15) is 103 Å². The molecule has 0 atom stereocenters. The Hall–Kier alpha value is -3.70. The number of aryl methyl sites for hydroxylation is 1. The molecule has 0 saturated heterocycles. The van der Waals surface area contributed by atoms with Gasteiger partial charge < -0.3 is 25.0 Å². The van der Waals surface area contributed by atoms with Crippen LogP contribution in [-0.4, -0.2) is 74.0 Å². The van der Waals surface area contributed by atoms with Crippen LogP contribution in [0.2, 0.25) is 5.02 Å². The van der Waals surface area contributed by atoms with Crippen molar-refractivity contribution in [3.63, 3.8) is 0 Å². The van der Waals surface area contributed by atoms with Crippen LogP contribution in [0.3, 0.4) is 0 Å². The van der Waals surface area contributed by atoms with E-state index in [0.29, 0.717) is 23.4 Å². The number of carbonyl (C=O) groups is 2. The van der Waals surface area contributed by atoms with Gasteiger partial charge in [0.05, 0.1) is 29.7 Å². The average Bonchev–Trinajstić information content (AvgIpc) is 3.86. The third kappa shape index (κ3) is 12.5. The fourth-order valence-electron chi connectivity index (χ4n) is 6.69. The third-order valence-electron chi connectivity index (χ3n) is 9.59. The summed E-state index contributed by atoms with van der Waals surface area (Å²) < 4.78 is 13.1. The van der Waals surface area contributed by atoms with E-state index >= 15 is 0 Å². The van der Waals surface area contributed by atoms with Crippen LogP contribution in [-0.2, 0) is 34.3 Å². The summed E-state index contributed by atoms with van der Waals surface area (Å²) in [6.07, 6.45) is 15.4. The van der Waals surface area contributed by atoms with Gasteiger partial charge in [-0.3, -0.25) is 9.48 Å². The maximum Gasteiger partial charge on any atom is 0.410 e. The van der Waals surface area contributed by atoms with Crippen molar-refractivity contribution >= 4 is 29.6 Å². The summed E-state index contributed by atoms with van der Waals surface area (Å²) in [4.78, 5) is 36.7. The largest absolute Gasteiger partial charge is 0.459 e. The Morgan fingerprint density at radius 2 is 1.71 bits per heavy atom. The molecule has 1 amide bonds. The number of esters is 1. The molecular formula is C39H56ClN7O4. The number of carbonyl (C=O) groups excluding carboxylic acids is 2. The Morgan fingerprint density at radius 1 is 0.980 bits per heavy atom. The minimum absolute atomic E-state index is 0.116. The fourth-order valence-corrected chi connectivity index (χ4v) is 6.89. The highest BCUT2D eigenvalue weighted by Crippen LogP contribution is 2.37. The standard InChI is InChI=1S/C39H56ClN7O4/c1-39(2,3)51-35(48)26-41-21-11-6-5-7-12-22-47(38(49)50-27-29-13-9-8-10-14-29)31-19-17-30(18-20-31)44-37-42-25-33(40)36(45-37)32-24-43-46(4)34(32)23-28-15-16-28/h8-10,13-14,24-25,28,30-31,41H,5-7,11-12,15-23,26-27H2,1-4H3,(H,42,44,45)/t30-,31-. The summed E-state index contributed by atoms with van der Waals surface area (Å²) >= 11 is 6.62. The zero-order chi connectivity index (χ0) is 36.2. The van der Waals surface area contributed by atoms with Crippen molar-refractivity contribution in [3.8, 4) is 11.3 Å². The summed E-state index contributed by atoms with van der Waals surface area (Å²) in [6, 6.07) is 10.1. The molecule has 1 aromatic carbocycles. The lowest BCUT2D eigenvalue weighted by Gasteiger charge is -2.36. The van der Waals surface area contributed by atoms with Crippen LogP contribution < -0.4 is 10.6 Å². The van der Waals surface area contributed by atoms with Gasteiger partial charge in [0, 0.05) is 36.9 Å². The van der Waals surface area contributed by atoms with Gasteiger partial charge in [0.15, 0.2) is 0 Å². The quantitative estimate of drug-likeness (QED) is 0.100. The maximum absolute atomic E-state index is 13.5. The molecule has 0 aliphatic heterocycles. The molecule has 2 aliphatic carbocycles. The van der Waals surface area contributed by atoms with Crippen LogP contribution in [0.25, 0.3) is 11.3 Å². The molecule has 2 fully saturated rings. The van der Waals surface area contributed by atoms with Gasteiger partial charge in [-0.25, -0.2) is 14.8 Å². The molecule has 0 radical (unpaired) electrons. The smallest absolute Gasteiger partial charge is 0.410 e. The lowest BCUT2D eigenvalue weighted by molar-refractivity contribution is -0.153. The van der Waals surface area contributed by atoms with Crippen molar-refractivity contribution < 1.29 is 19.1 Å². The van der Waals surface area contributed by atoms with Gasteiger partial charge >= 0.3 is 12.1 Å². The Balaban J connectivity index is 1.10. The van der Waals surface area contributed by atoms with Gasteiger partial charge in [-0.05, 0) is 96.6 Å². The van der Waals surface area contributed by atoms with E-state index < -0.39 is 5.60 Å². The zero-order valence-electron chi connectivity index (χ0n) is 30.8. The lowest BCUT2D eigenvalue weighted by atomic mass is 9.90. The Kier molecular flexibility index (Phi) is 14.1. The molecule has 3 aromatic rings. The zero-order valence-corrected chi connectivity index (χ0v) is 31.6. The number of aromatic nitrogens is 4. The molecule has 0 spiro atoms. The number of rotatable bonds is 18. The number of unbranched alkanes of at least 4 members (excludes halogenated alkanes) is 4. The summed E-state index contributed by atoms with van der Waals surface area (Å²) in [5, 5.41) is 11.8. The van der Waals surface area contributed by atoms with Gasteiger partial charge in [-0.1, -0.05) is 61.2 Å². The fraction of sp³-hybridized carbons (Fsp3) is 0.615. The normalized spacial score (nSPS) is 17.6. The van der Waals surface area contributed by atoms with Gasteiger partial charge in [-0.2, -0.15) is 5.10 Å². The number of nitrogens with one attached hydrogen (secondary N) is 2. The summed E-state index contributed by atoms with van der Waals surface area (Å²) in [6.45, 7) is 7.57. The highest BCUT2D eigenvalue weighted by atomic mass is 35.5. The van der Waals surface area contributed by atoms with E-state index in [1.54, 1.807) is 6.20 Å². The lowest BCUT2D eigenvalue weighted by Crippen LogP contribution is -2.44. The SMILES string of the molecule is Cn1ncc(-c2nc(N[C@H]3CC[C@H](N(CCCCCCCNCC(=O)OC(C)(C)C)C(=O)OCc4ccccc4)CC3)ncc2Cl)c1CC1CC1. The van der Waals surface area contributed by atoms with Crippen molar-refractivity contribution in [1.29, 1.82) is 0 Å². The van der Waals surface area contributed by atoms with Crippen LogP contribution >= 0.6 is 11.6 Å². The molecule has 12 heteroatoms. The summed E-state index contributed by atoms with van der Waals surface area (Å²) in [5.74, 6) is 1.06. The van der Waals surface area contributed by atoms with Gasteiger partial charge in [0.1, 0.15) is 12.2 Å². The molecule has 2 aliphatic rings. The average molecular weight is 722 g/mol. The van der Waals surface area contributed by atoms with E-state index in [1.807, 2.05) is 73.9 Å². The minimum atomic E-state index is -0.464. The van der Waals surface area contributed by atoms with Crippen molar-refractivity contribution in [2.75, 3.05) is 25.0 Å². The first-order valence-corrected chi connectivity index (χ1v) is 19.1. The molecule has 2 saturated carbocycles. The Bertz CT molecular complexity index is 1550. The number of hydrogen-bond donors (Lipinski definition) is 2. The van der Waals surface area contributed by atoms with Crippen LogP contribution in [0.15, 0.2) is 42.7 Å². The van der Waals surface area contributed by atoms with Crippen molar-refractivity contribution in [2.45, 2.75) is 122 Å². The summed E-state index contributed by atoms with van der Waals surface area (Å²) in [7, 11) is 1.98. The second-order valence-corrected chi connectivity index (χ2v) is 15.5. The van der Waals surface area contributed by atoms with E-state index in [1.165, 1.54) is 12.8 Å². The second kappa shape index (κ2) is 18.7. The van der Waals surface area contributed by atoms with Gasteiger partial charge in [0.25, 0.3) is 0 Å². The van der Waals surface area contributed by atoms with Crippen molar-refractivity contribution in [3.05, 3.63) is 59.0 Å². The van der Waals surface area contributed by atoms with Crippen molar-refractivity contribution in [2.24, 2.45) is 13.0 Å². The molecule has 11 nitrogen and oxygen atoms in total. The van der Waals surface area contributed by atoms with Crippen LogP contribution in [0.5, 0.6) is 0 Å². The Labute approximate surface area is 308 Å². The van der Waals surface area contributed by atoms with Crippen LogP contribution in [0, 0.1) is 5.92 Å². The molecule has 5 rings (SSSR count). The molecule has 2 N–H and O–H groups in total. The van der Waals surface area contributed by atoms with E-state index in [4.69, 9.17) is 26.1 Å². The number of benzene rings is 1. The van der Waals surface area contributed by atoms with Crippen molar-refractivity contribution in [1.82, 2.24) is 30.0 Å². The second-order valence-electron chi connectivity index (χ2n) is 15.1. The molecule has 0 bridgehead atoms. The highest BCUT2D eigenvalue weighted by Gasteiger charge is 2.31. The van der Waals surface area contributed by atoms with E-state index in [2.05, 4.69) is 20.7 Å².